The molecular weight excluding hydrogens is 234 g/mol. The lowest BCUT2D eigenvalue weighted by molar-refractivity contribution is 0.224. The van der Waals surface area contributed by atoms with Gasteiger partial charge in [0, 0.05) is 6.04 Å². The molecule has 1 fully saturated rings. The SMILES string of the molecule is CC1CCCC(C(NN)c2ccc(F)c(F)c2)C1. The van der Waals surface area contributed by atoms with E-state index in [0.29, 0.717) is 11.8 Å². The van der Waals surface area contributed by atoms with Gasteiger partial charge in [-0.3, -0.25) is 11.3 Å². The summed E-state index contributed by atoms with van der Waals surface area (Å²) >= 11 is 0. The van der Waals surface area contributed by atoms with E-state index in [-0.39, 0.29) is 6.04 Å². The van der Waals surface area contributed by atoms with Crippen molar-refractivity contribution in [1.29, 1.82) is 0 Å². The van der Waals surface area contributed by atoms with Crippen molar-refractivity contribution in [3.8, 4) is 0 Å². The average molecular weight is 254 g/mol. The molecule has 1 saturated carbocycles. The molecule has 0 aliphatic heterocycles. The summed E-state index contributed by atoms with van der Waals surface area (Å²) in [4.78, 5) is 0. The van der Waals surface area contributed by atoms with Crippen LogP contribution >= 0.6 is 0 Å². The van der Waals surface area contributed by atoms with Gasteiger partial charge in [-0.2, -0.15) is 0 Å². The molecule has 3 N–H and O–H groups in total. The molecule has 3 atom stereocenters. The number of benzene rings is 1. The number of hydrazine groups is 1. The fourth-order valence-electron chi connectivity index (χ4n) is 2.99. The molecular formula is C14H20F2N2. The van der Waals surface area contributed by atoms with Crippen LogP contribution in [0.2, 0.25) is 0 Å². The number of rotatable bonds is 3. The van der Waals surface area contributed by atoms with E-state index < -0.39 is 11.6 Å². The Labute approximate surface area is 107 Å². The Balaban J connectivity index is 2.18. The van der Waals surface area contributed by atoms with E-state index in [2.05, 4.69) is 12.3 Å². The zero-order valence-electron chi connectivity index (χ0n) is 10.6. The Hall–Kier alpha value is -1.00. The molecule has 0 bridgehead atoms. The molecule has 3 unspecified atom stereocenters. The highest BCUT2D eigenvalue weighted by molar-refractivity contribution is 5.22. The minimum absolute atomic E-state index is 0.0946. The fourth-order valence-corrected chi connectivity index (χ4v) is 2.99. The Bertz CT molecular complexity index is 409. The van der Waals surface area contributed by atoms with Crippen molar-refractivity contribution in [2.75, 3.05) is 0 Å². The number of nitrogens with one attached hydrogen (secondary N) is 1. The number of hydrogen-bond donors (Lipinski definition) is 2. The minimum atomic E-state index is -0.813. The lowest BCUT2D eigenvalue weighted by atomic mass is 9.77. The van der Waals surface area contributed by atoms with Crippen LogP contribution < -0.4 is 11.3 Å². The second-order valence-electron chi connectivity index (χ2n) is 5.35. The molecule has 0 aromatic heterocycles. The van der Waals surface area contributed by atoms with Crippen molar-refractivity contribution >= 4 is 0 Å². The van der Waals surface area contributed by atoms with Crippen LogP contribution in [0.3, 0.4) is 0 Å². The van der Waals surface area contributed by atoms with Gasteiger partial charge in [-0.1, -0.05) is 25.8 Å². The monoisotopic (exact) mass is 254 g/mol. The standard InChI is InChI=1S/C14H20F2N2/c1-9-3-2-4-10(7-9)14(18-17)11-5-6-12(15)13(16)8-11/h5-6,8-10,14,18H,2-4,7,17H2,1H3. The van der Waals surface area contributed by atoms with Crippen molar-refractivity contribution < 1.29 is 8.78 Å². The van der Waals surface area contributed by atoms with Gasteiger partial charge in [-0.25, -0.2) is 8.78 Å². The van der Waals surface area contributed by atoms with Gasteiger partial charge in [0.05, 0.1) is 0 Å². The summed E-state index contributed by atoms with van der Waals surface area (Å²) < 4.78 is 26.2. The fraction of sp³-hybridized carbons (Fsp3) is 0.571. The van der Waals surface area contributed by atoms with Crippen LogP contribution in [0.25, 0.3) is 0 Å². The summed E-state index contributed by atoms with van der Waals surface area (Å²) in [6.45, 7) is 2.23. The molecule has 18 heavy (non-hydrogen) atoms. The molecule has 100 valence electrons. The van der Waals surface area contributed by atoms with Crippen molar-refractivity contribution in [1.82, 2.24) is 5.43 Å². The van der Waals surface area contributed by atoms with E-state index in [1.165, 1.54) is 25.0 Å². The smallest absolute Gasteiger partial charge is 0.159 e. The highest BCUT2D eigenvalue weighted by Crippen LogP contribution is 2.36. The topological polar surface area (TPSA) is 38.0 Å². The molecule has 2 rings (SSSR count). The summed E-state index contributed by atoms with van der Waals surface area (Å²) in [5, 5.41) is 0. The Morgan fingerprint density at radius 1 is 1.28 bits per heavy atom. The molecule has 1 aliphatic rings. The third kappa shape index (κ3) is 2.87. The first-order valence-corrected chi connectivity index (χ1v) is 6.53. The van der Waals surface area contributed by atoms with Crippen LogP contribution in [-0.2, 0) is 0 Å². The van der Waals surface area contributed by atoms with Crippen LogP contribution in [0.4, 0.5) is 8.78 Å². The predicted octanol–water partition coefficient (Wildman–Crippen LogP) is 3.30. The maximum absolute atomic E-state index is 13.3. The molecule has 4 heteroatoms. The second kappa shape index (κ2) is 5.76. The maximum atomic E-state index is 13.3. The van der Waals surface area contributed by atoms with Crippen molar-refractivity contribution in [2.45, 2.75) is 38.6 Å². The molecule has 1 aromatic rings. The molecule has 0 spiro atoms. The van der Waals surface area contributed by atoms with Gasteiger partial charge in [0.1, 0.15) is 0 Å². The summed E-state index contributed by atoms with van der Waals surface area (Å²) in [5.41, 5.74) is 3.50. The highest BCUT2D eigenvalue weighted by Gasteiger charge is 2.27. The lowest BCUT2D eigenvalue weighted by Gasteiger charge is -2.33. The van der Waals surface area contributed by atoms with Crippen LogP contribution in [-0.4, -0.2) is 0 Å². The molecule has 1 aromatic carbocycles. The van der Waals surface area contributed by atoms with E-state index in [9.17, 15) is 8.78 Å². The van der Waals surface area contributed by atoms with Crippen LogP contribution in [0, 0.1) is 23.5 Å². The summed E-state index contributed by atoms with van der Waals surface area (Å²) in [7, 11) is 0. The Kier molecular flexibility index (Phi) is 4.30. The molecule has 0 radical (unpaired) electrons. The van der Waals surface area contributed by atoms with Gasteiger partial charge in [0.2, 0.25) is 0 Å². The van der Waals surface area contributed by atoms with Crippen molar-refractivity contribution in [3.63, 3.8) is 0 Å². The third-order valence-electron chi connectivity index (χ3n) is 3.93. The minimum Gasteiger partial charge on any atom is -0.271 e. The van der Waals surface area contributed by atoms with Crippen molar-refractivity contribution in [3.05, 3.63) is 35.4 Å². The third-order valence-corrected chi connectivity index (χ3v) is 3.93. The zero-order chi connectivity index (χ0) is 13.1. The van der Waals surface area contributed by atoms with Gasteiger partial charge in [0.15, 0.2) is 11.6 Å². The molecule has 1 aliphatic carbocycles. The first kappa shape index (κ1) is 13.4. The van der Waals surface area contributed by atoms with Gasteiger partial charge >= 0.3 is 0 Å². The number of nitrogens with two attached hydrogens (primary N) is 1. The highest BCUT2D eigenvalue weighted by atomic mass is 19.2. The molecule has 0 amide bonds. The maximum Gasteiger partial charge on any atom is 0.159 e. The van der Waals surface area contributed by atoms with Gasteiger partial charge in [-0.15, -0.1) is 0 Å². The van der Waals surface area contributed by atoms with Crippen LogP contribution in [0.1, 0.15) is 44.2 Å². The Morgan fingerprint density at radius 2 is 2.06 bits per heavy atom. The van der Waals surface area contributed by atoms with Crippen LogP contribution in [0.15, 0.2) is 18.2 Å². The van der Waals surface area contributed by atoms with E-state index in [0.717, 1.165) is 18.4 Å². The molecule has 2 nitrogen and oxygen atoms in total. The van der Waals surface area contributed by atoms with E-state index >= 15 is 0 Å². The molecule has 0 heterocycles. The number of halogens is 2. The number of hydrogen-bond acceptors (Lipinski definition) is 2. The van der Waals surface area contributed by atoms with E-state index in [1.54, 1.807) is 6.07 Å². The summed E-state index contributed by atoms with van der Waals surface area (Å²) in [6.07, 6.45) is 4.57. The summed E-state index contributed by atoms with van der Waals surface area (Å²) in [5.74, 6) is 5.04. The zero-order valence-corrected chi connectivity index (χ0v) is 10.6. The quantitative estimate of drug-likeness (QED) is 0.641. The van der Waals surface area contributed by atoms with E-state index in [4.69, 9.17) is 5.84 Å². The normalized spacial score (nSPS) is 26.0. The Morgan fingerprint density at radius 3 is 2.67 bits per heavy atom. The van der Waals surface area contributed by atoms with Crippen LogP contribution in [0.5, 0.6) is 0 Å². The molecule has 0 saturated heterocycles. The van der Waals surface area contributed by atoms with E-state index in [1.807, 2.05) is 0 Å². The first-order chi connectivity index (χ1) is 8.61. The van der Waals surface area contributed by atoms with Gasteiger partial charge < -0.3 is 0 Å². The largest absolute Gasteiger partial charge is 0.271 e. The second-order valence-corrected chi connectivity index (χ2v) is 5.35. The van der Waals surface area contributed by atoms with Gasteiger partial charge in [-0.05, 0) is 42.4 Å². The average Bonchev–Trinajstić information content (AvgIpc) is 2.35. The van der Waals surface area contributed by atoms with Crippen molar-refractivity contribution in [2.24, 2.45) is 17.7 Å². The lowest BCUT2D eigenvalue weighted by Crippen LogP contribution is -2.35. The first-order valence-electron chi connectivity index (χ1n) is 6.53. The summed E-state index contributed by atoms with van der Waals surface area (Å²) in [6, 6.07) is 3.94. The van der Waals surface area contributed by atoms with Gasteiger partial charge in [0.25, 0.3) is 0 Å². The predicted molar refractivity (Wildman–Crippen MR) is 67.5 cm³/mol.